The number of rotatable bonds is 7. The Hall–Kier alpha value is -2.20. The summed E-state index contributed by atoms with van der Waals surface area (Å²) < 4.78 is 5.76. The third-order valence-electron chi connectivity index (χ3n) is 6.82. The molecule has 34 heavy (non-hydrogen) atoms. The van der Waals surface area contributed by atoms with E-state index in [0.29, 0.717) is 30.4 Å². The molecule has 3 aromatic rings. The summed E-state index contributed by atoms with van der Waals surface area (Å²) in [6, 6.07) is 6.74. The third kappa shape index (κ3) is 5.71. The number of morpholine rings is 1. The third-order valence-corrected chi connectivity index (χ3v) is 7.80. The molecule has 9 heteroatoms. The number of nitrogens with one attached hydrogen (secondary N) is 1. The van der Waals surface area contributed by atoms with Crippen molar-refractivity contribution >= 4 is 27.6 Å². The van der Waals surface area contributed by atoms with Crippen molar-refractivity contribution < 1.29 is 9.84 Å². The molecule has 0 amide bonds. The number of thiazole rings is 1. The van der Waals surface area contributed by atoms with Crippen molar-refractivity contribution in [2.75, 3.05) is 25.1 Å². The molecule has 2 aliphatic rings. The minimum Gasteiger partial charge on any atom is -0.393 e. The van der Waals surface area contributed by atoms with Crippen LogP contribution in [0.1, 0.15) is 55.9 Å². The highest BCUT2D eigenvalue weighted by Crippen LogP contribution is 2.25. The zero-order valence-electron chi connectivity index (χ0n) is 20.0. The predicted octanol–water partition coefficient (Wildman–Crippen LogP) is 3.64. The fraction of sp³-hybridized carbons (Fsp3) is 0.600. The van der Waals surface area contributed by atoms with E-state index in [1.165, 1.54) is 0 Å². The van der Waals surface area contributed by atoms with Gasteiger partial charge in [0.25, 0.3) is 0 Å². The maximum atomic E-state index is 9.87. The van der Waals surface area contributed by atoms with Crippen molar-refractivity contribution in [3.05, 3.63) is 40.8 Å². The van der Waals surface area contributed by atoms with Crippen LogP contribution in [0.15, 0.2) is 24.4 Å². The number of nitrogens with zero attached hydrogens (tertiary/aromatic N) is 5. The fourth-order valence-electron chi connectivity index (χ4n) is 4.91. The second kappa shape index (κ2) is 10.6. The van der Waals surface area contributed by atoms with Crippen molar-refractivity contribution in [1.82, 2.24) is 24.8 Å². The minimum absolute atomic E-state index is 0.178. The molecule has 4 heterocycles. The number of pyridine rings is 1. The van der Waals surface area contributed by atoms with Crippen LogP contribution in [-0.2, 0) is 17.7 Å². The Kier molecular flexibility index (Phi) is 7.34. The van der Waals surface area contributed by atoms with Crippen molar-refractivity contribution in [2.45, 2.75) is 70.7 Å². The lowest BCUT2D eigenvalue weighted by Crippen LogP contribution is -2.47. The monoisotopic (exact) mass is 482 g/mol. The molecule has 2 N–H and O–H groups in total. The van der Waals surface area contributed by atoms with Crippen LogP contribution < -0.4 is 5.32 Å². The van der Waals surface area contributed by atoms with Crippen LogP contribution >= 0.6 is 11.3 Å². The van der Waals surface area contributed by atoms with Gasteiger partial charge in [-0.2, -0.15) is 0 Å². The van der Waals surface area contributed by atoms with Crippen LogP contribution in [0.3, 0.4) is 0 Å². The minimum atomic E-state index is -0.178. The van der Waals surface area contributed by atoms with E-state index in [0.717, 1.165) is 78.7 Å². The molecule has 3 aromatic heterocycles. The van der Waals surface area contributed by atoms with Crippen molar-refractivity contribution in [3.63, 3.8) is 0 Å². The van der Waals surface area contributed by atoms with Gasteiger partial charge < -0.3 is 15.2 Å². The predicted molar refractivity (Wildman–Crippen MR) is 134 cm³/mol. The Morgan fingerprint density at radius 2 is 2.00 bits per heavy atom. The topological polar surface area (TPSA) is 96.3 Å². The van der Waals surface area contributed by atoms with E-state index in [1.54, 1.807) is 11.3 Å². The molecule has 0 aromatic carbocycles. The first-order valence-electron chi connectivity index (χ1n) is 12.4. The number of anilines is 1. The normalized spacial score (nSPS) is 24.1. The Morgan fingerprint density at radius 3 is 2.79 bits per heavy atom. The molecule has 0 radical (unpaired) electrons. The lowest BCUT2D eigenvalue weighted by Gasteiger charge is -2.37. The summed E-state index contributed by atoms with van der Waals surface area (Å²) in [6.07, 6.45) is 5.82. The average molecular weight is 483 g/mol. The Balaban J connectivity index is 1.39. The van der Waals surface area contributed by atoms with E-state index in [2.05, 4.69) is 35.1 Å². The molecule has 0 spiro atoms. The summed E-state index contributed by atoms with van der Waals surface area (Å²) >= 11 is 1.62. The van der Waals surface area contributed by atoms with Gasteiger partial charge in [-0.05, 0) is 49.8 Å². The summed E-state index contributed by atoms with van der Waals surface area (Å²) in [7, 11) is 0. The van der Waals surface area contributed by atoms with Crippen LogP contribution in [0.5, 0.6) is 0 Å². The zero-order chi connectivity index (χ0) is 23.5. The summed E-state index contributed by atoms with van der Waals surface area (Å²) in [5, 5.41) is 14.4. The van der Waals surface area contributed by atoms with Gasteiger partial charge in [0, 0.05) is 37.8 Å². The summed E-state index contributed by atoms with van der Waals surface area (Å²) in [5.41, 5.74) is 2.93. The van der Waals surface area contributed by atoms with Gasteiger partial charge in [0.05, 0.1) is 30.7 Å². The number of fused-ring (bicyclic) bond motifs is 1. The number of aromatic nitrogens is 4. The van der Waals surface area contributed by atoms with Gasteiger partial charge in [-0.3, -0.25) is 4.90 Å². The number of aliphatic hydroxyl groups excluding tert-OH is 1. The Labute approximate surface area is 204 Å². The molecule has 1 aliphatic heterocycles. The molecule has 1 saturated heterocycles. The number of hydrogen-bond acceptors (Lipinski definition) is 9. The van der Waals surface area contributed by atoms with E-state index in [4.69, 9.17) is 19.7 Å². The smallest absolute Gasteiger partial charge is 0.223 e. The highest BCUT2D eigenvalue weighted by atomic mass is 32.1. The van der Waals surface area contributed by atoms with Crippen LogP contribution in [0.4, 0.5) is 5.95 Å². The fourth-order valence-corrected chi connectivity index (χ4v) is 5.83. The quantitative estimate of drug-likeness (QED) is 0.527. The summed E-state index contributed by atoms with van der Waals surface area (Å²) in [5.74, 6) is 1.20. The maximum Gasteiger partial charge on any atom is 0.223 e. The van der Waals surface area contributed by atoms with E-state index in [-0.39, 0.29) is 6.10 Å². The van der Waals surface area contributed by atoms with Gasteiger partial charge in [0.15, 0.2) is 0 Å². The number of ether oxygens (including phenoxy) is 1. The van der Waals surface area contributed by atoms with Gasteiger partial charge in [-0.1, -0.05) is 25.2 Å². The second-order valence-corrected chi connectivity index (χ2v) is 10.9. The largest absolute Gasteiger partial charge is 0.393 e. The van der Waals surface area contributed by atoms with Gasteiger partial charge in [0.2, 0.25) is 5.95 Å². The molecule has 0 bridgehead atoms. The van der Waals surface area contributed by atoms with Crippen LogP contribution in [0.25, 0.3) is 10.3 Å². The molecule has 2 fully saturated rings. The standard InChI is InChI=1S/C25H34N6O2S/c1-16(2)22-15-33-11-10-31(22)14-19-12-18(13-23-30-21-4-3-9-26-24(21)34-23)28-25(29-19)27-17-5-7-20(32)8-6-17/h3-4,9,12,16-17,20,22,32H,5-8,10-11,13-15H2,1-2H3,(H,27,28,29)/t17?,20?,22-/m0/s1. The summed E-state index contributed by atoms with van der Waals surface area (Å²) in [6.45, 7) is 7.72. The maximum absolute atomic E-state index is 9.87. The van der Waals surface area contributed by atoms with Gasteiger partial charge in [-0.25, -0.2) is 19.9 Å². The van der Waals surface area contributed by atoms with Gasteiger partial charge in [-0.15, -0.1) is 0 Å². The molecule has 1 aliphatic carbocycles. The number of aliphatic hydroxyl groups is 1. The van der Waals surface area contributed by atoms with E-state index < -0.39 is 0 Å². The first-order valence-corrected chi connectivity index (χ1v) is 13.2. The molecular weight excluding hydrogens is 448 g/mol. The first-order chi connectivity index (χ1) is 16.5. The highest BCUT2D eigenvalue weighted by molar-refractivity contribution is 7.18. The first kappa shape index (κ1) is 23.5. The molecule has 0 unspecified atom stereocenters. The van der Waals surface area contributed by atoms with Gasteiger partial charge >= 0.3 is 0 Å². The lowest BCUT2D eigenvalue weighted by atomic mass is 9.93. The molecule has 1 saturated carbocycles. The van der Waals surface area contributed by atoms with Crippen molar-refractivity contribution in [3.8, 4) is 0 Å². The molecule has 1 atom stereocenters. The van der Waals surface area contributed by atoms with Gasteiger partial charge in [0.1, 0.15) is 15.4 Å². The molecule has 182 valence electrons. The SMILES string of the molecule is CC(C)[C@@H]1COCCN1Cc1cc(Cc2nc3cccnc3s2)nc(NC2CCC(O)CC2)n1. The van der Waals surface area contributed by atoms with Crippen molar-refractivity contribution in [1.29, 1.82) is 0 Å². The molecular formula is C25H34N6O2S. The highest BCUT2D eigenvalue weighted by Gasteiger charge is 2.27. The Morgan fingerprint density at radius 1 is 1.18 bits per heavy atom. The number of hydrogen-bond donors (Lipinski definition) is 2. The van der Waals surface area contributed by atoms with Crippen molar-refractivity contribution in [2.24, 2.45) is 5.92 Å². The average Bonchev–Trinajstić information content (AvgIpc) is 3.23. The van der Waals surface area contributed by atoms with Crippen LogP contribution in [0.2, 0.25) is 0 Å². The van der Waals surface area contributed by atoms with Crippen LogP contribution in [0, 0.1) is 5.92 Å². The second-order valence-electron chi connectivity index (χ2n) is 9.79. The van der Waals surface area contributed by atoms with E-state index in [1.807, 2.05) is 18.3 Å². The molecule has 5 rings (SSSR count). The zero-order valence-corrected chi connectivity index (χ0v) is 20.8. The summed E-state index contributed by atoms with van der Waals surface area (Å²) in [4.78, 5) is 22.4. The van der Waals surface area contributed by atoms with E-state index >= 15 is 0 Å². The molecule has 8 nitrogen and oxygen atoms in total. The van der Waals surface area contributed by atoms with E-state index in [9.17, 15) is 5.11 Å². The Bertz CT molecular complexity index is 1060. The van der Waals surface area contributed by atoms with Crippen LogP contribution in [-0.4, -0.2) is 67.9 Å². The lowest BCUT2D eigenvalue weighted by molar-refractivity contribution is -0.0289.